The molecule has 1 aromatic heterocycles. The first-order valence-corrected chi connectivity index (χ1v) is 15.3. The van der Waals surface area contributed by atoms with Crippen LogP contribution in [0.1, 0.15) is 68.8 Å². The highest BCUT2D eigenvalue weighted by atomic mass is 16.5. The third-order valence-electron chi connectivity index (χ3n) is 9.37. The lowest BCUT2D eigenvalue weighted by Gasteiger charge is -2.34. The Morgan fingerprint density at radius 1 is 1.02 bits per heavy atom. The summed E-state index contributed by atoms with van der Waals surface area (Å²) in [6, 6.07) is 15.0. The van der Waals surface area contributed by atoms with Crippen LogP contribution >= 0.6 is 0 Å². The fraction of sp³-hybridized carbons (Fsp3) is 0.576. The number of aromatic nitrogens is 2. The third-order valence-corrected chi connectivity index (χ3v) is 9.37. The van der Waals surface area contributed by atoms with E-state index in [9.17, 15) is 4.79 Å². The standard InChI is InChI=1S/C33H44N4O3/c1-23-11-12-28-29(37(23)33(38)39-2)13-14-30-32(28)35-31(20-24-7-4-3-5-8-24)36(30)21-26-9-6-10-27(19-26)40-22-25-15-17-34-18-16-25/h3-5,7-8,13-14,23,25-27,34H,6,9-12,15-22H2,1-2H3/t23-,26?,27+/m0/s1. The molecule has 2 aliphatic heterocycles. The molecule has 3 heterocycles. The first-order valence-electron chi connectivity index (χ1n) is 15.3. The molecule has 1 unspecified atom stereocenters. The number of anilines is 1. The molecule has 0 spiro atoms. The number of hydrogen-bond acceptors (Lipinski definition) is 5. The second kappa shape index (κ2) is 12.3. The zero-order chi connectivity index (χ0) is 27.5. The van der Waals surface area contributed by atoms with Crippen molar-refractivity contribution in [2.45, 2.75) is 83.4 Å². The number of benzene rings is 2. The van der Waals surface area contributed by atoms with E-state index in [0.29, 0.717) is 17.9 Å². The molecule has 1 aliphatic carbocycles. The molecule has 1 amide bonds. The van der Waals surface area contributed by atoms with Crippen LogP contribution in [0.3, 0.4) is 0 Å². The van der Waals surface area contributed by atoms with E-state index in [1.54, 1.807) is 4.90 Å². The van der Waals surface area contributed by atoms with Crippen molar-refractivity contribution in [2.75, 3.05) is 31.7 Å². The molecular formula is C33H44N4O3. The summed E-state index contributed by atoms with van der Waals surface area (Å²) < 4.78 is 14.1. The third kappa shape index (κ3) is 5.77. The van der Waals surface area contributed by atoms with E-state index in [1.807, 2.05) is 0 Å². The lowest BCUT2D eigenvalue weighted by molar-refractivity contribution is -0.0117. The maximum Gasteiger partial charge on any atom is 0.414 e. The normalized spacial score (nSPS) is 23.8. The maximum atomic E-state index is 12.7. The fourth-order valence-electron chi connectivity index (χ4n) is 7.11. The van der Waals surface area contributed by atoms with Gasteiger partial charge in [0.05, 0.1) is 29.9 Å². The molecule has 0 bridgehead atoms. The van der Waals surface area contributed by atoms with Gasteiger partial charge in [-0.3, -0.25) is 4.90 Å². The second-order valence-corrected chi connectivity index (χ2v) is 12.1. The molecule has 7 heteroatoms. The Bertz CT molecular complexity index is 1300. The monoisotopic (exact) mass is 544 g/mol. The quantitative estimate of drug-likeness (QED) is 0.389. The van der Waals surface area contributed by atoms with E-state index in [2.05, 4.69) is 59.3 Å². The van der Waals surface area contributed by atoms with Crippen molar-refractivity contribution in [3.63, 3.8) is 0 Å². The summed E-state index contributed by atoms with van der Waals surface area (Å²) in [4.78, 5) is 19.8. The number of piperidine rings is 1. The number of carbonyl (C=O) groups excluding carboxylic acids is 1. The number of nitrogens with zero attached hydrogens (tertiary/aromatic N) is 3. The number of aryl methyl sites for hydroxylation is 1. The number of nitrogens with one attached hydrogen (secondary N) is 1. The van der Waals surface area contributed by atoms with Crippen LogP contribution in [0.2, 0.25) is 0 Å². The Labute approximate surface area is 238 Å². The number of amides is 1. The highest BCUT2D eigenvalue weighted by Crippen LogP contribution is 2.38. The molecular weight excluding hydrogens is 500 g/mol. The molecule has 1 N–H and O–H groups in total. The highest BCUT2D eigenvalue weighted by Gasteiger charge is 2.32. The van der Waals surface area contributed by atoms with Crippen LogP contribution in [0.4, 0.5) is 10.5 Å². The average molecular weight is 545 g/mol. The zero-order valence-electron chi connectivity index (χ0n) is 24.1. The minimum absolute atomic E-state index is 0.104. The summed E-state index contributed by atoms with van der Waals surface area (Å²) in [6.07, 6.45) is 9.90. The minimum Gasteiger partial charge on any atom is -0.452 e. The van der Waals surface area contributed by atoms with Crippen LogP contribution in [0.15, 0.2) is 42.5 Å². The summed E-state index contributed by atoms with van der Waals surface area (Å²) in [5.41, 5.74) is 5.60. The first-order chi connectivity index (χ1) is 19.6. The molecule has 2 aromatic carbocycles. The fourth-order valence-corrected chi connectivity index (χ4v) is 7.11. The molecule has 0 radical (unpaired) electrons. The van der Waals surface area contributed by atoms with Crippen molar-refractivity contribution in [3.05, 3.63) is 59.4 Å². The number of hydrogen-bond donors (Lipinski definition) is 1. The molecule has 1 saturated heterocycles. The van der Waals surface area contributed by atoms with Crippen molar-refractivity contribution < 1.29 is 14.3 Å². The largest absolute Gasteiger partial charge is 0.452 e. The van der Waals surface area contributed by atoms with E-state index >= 15 is 0 Å². The molecule has 3 aromatic rings. The van der Waals surface area contributed by atoms with Gasteiger partial charge >= 0.3 is 6.09 Å². The van der Waals surface area contributed by atoms with Crippen LogP contribution in [0.5, 0.6) is 0 Å². The summed E-state index contributed by atoms with van der Waals surface area (Å²) in [5, 5.41) is 3.46. The van der Waals surface area contributed by atoms with Gasteiger partial charge in [0.1, 0.15) is 5.82 Å². The van der Waals surface area contributed by atoms with Crippen LogP contribution < -0.4 is 10.2 Å². The van der Waals surface area contributed by atoms with Gasteiger partial charge in [0.25, 0.3) is 0 Å². The van der Waals surface area contributed by atoms with Gasteiger partial charge in [0.15, 0.2) is 0 Å². The van der Waals surface area contributed by atoms with Crippen LogP contribution in [-0.4, -0.2) is 54.6 Å². The number of methoxy groups -OCH3 is 1. The number of carbonyl (C=O) groups is 1. The van der Waals surface area contributed by atoms with Crippen molar-refractivity contribution in [1.29, 1.82) is 0 Å². The van der Waals surface area contributed by atoms with E-state index in [-0.39, 0.29) is 12.1 Å². The average Bonchev–Trinajstić information content (AvgIpc) is 3.33. The van der Waals surface area contributed by atoms with Gasteiger partial charge in [-0.2, -0.15) is 0 Å². The van der Waals surface area contributed by atoms with E-state index in [1.165, 1.54) is 55.9 Å². The van der Waals surface area contributed by atoms with Crippen molar-refractivity contribution in [3.8, 4) is 0 Å². The number of ether oxygens (including phenoxy) is 2. The van der Waals surface area contributed by atoms with Gasteiger partial charge in [0, 0.05) is 31.2 Å². The molecule has 7 nitrogen and oxygen atoms in total. The van der Waals surface area contributed by atoms with E-state index in [4.69, 9.17) is 14.5 Å². The van der Waals surface area contributed by atoms with Gasteiger partial charge in [0.2, 0.25) is 0 Å². The molecule has 3 aliphatic rings. The van der Waals surface area contributed by atoms with E-state index < -0.39 is 0 Å². The van der Waals surface area contributed by atoms with Crippen molar-refractivity contribution >= 4 is 22.8 Å². The number of fused-ring (bicyclic) bond motifs is 3. The second-order valence-electron chi connectivity index (χ2n) is 12.1. The Morgan fingerprint density at radius 2 is 1.85 bits per heavy atom. The van der Waals surface area contributed by atoms with Crippen LogP contribution in [0.25, 0.3) is 11.0 Å². The number of imidazole rings is 1. The van der Waals surface area contributed by atoms with Gasteiger partial charge in [-0.05, 0) is 94.5 Å². The van der Waals surface area contributed by atoms with Crippen molar-refractivity contribution in [1.82, 2.24) is 14.9 Å². The Morgan fingerprint density at radius 3 is 2.65 bits per heavy atom. The summed E-state index contributed by atoms with van der Waals surface area (Å²) >= 11 is 0. The Hall–Kier alpha value is -2.90. The topological polar surface area (TPSA) is 68.6 Å². The molecule has 6 rings (SSSR count). The van der Waals surface area contributed by atoms with Crippen LogP contribution in [0, 0.1) is 11.8 Å². The predicted octanol–water partition coefficient (Wildman–Crippen LogP) is 6.11. The molecule has 2 fully saturated rings. The highest BCUT2D eigenvalue weighted by molar-refractivity contribution is 5.95. The van der Waals surface area contributed by atoms with Crippen LogP contribution in [-0.2, 0) is 28.9 Å². The van der Waals surface area contributed by atoms with Gasteiger partial charge < -0.3 is 19.4 Å². The summed E-state index contributed by atoms with van der Waals surface area (Å²) in [7, 11) is 1.46. The van der Waals surface area contributed by atoms with Gasteiger partial charge in [-0.25, -0.2) is 9.78 Å². The minimum atomic E-state index is -0.297. The lowest BCUT2D eigenvalue weighted by atomic mass is 9.86. The molecule has 40 heavy (non-hydrogen) atoms. The molecule has 3 atom stereocenters. The Kier molecular flexibility index (Phi) is 8.40. The van der Waals surface area contributed by atoms with Crippen molar-refractivity contribution in [2.24, 2.45) is 11.8 Å². The summed E-state index contributed by atoms with van der Waals surface area (Å²) in [6.45, 7) is 6.21. The lowest BCUT2D eigenvalue weighted by Crippen LogP contribution is -2.42. The van der Waals surface area contributed by atoms with Gasteiger partial charge in [-0.1, -0.05) is 36.8 Å². The maximum absolute atomic E-state index is 12.7. The zero-order valence-corrected chi connectivity index (χ0v) is 24.1. The smallest absolute Gasteiger partial charge is 0.414 e. The van der Waals surface area contributed by atoms with Gasteiger partial charge in [-0.15, -0.1) is 0 Å². The van der Waals surface area contributed by atoms with E-state index in [0.717, 1.165) is 69.0 Å². The summed E-state index contributed by atoms with van der Waals surface area (Å²) in [5.74, 6) is 2.38. The molecule has 1 saturated carbocycles. The predicted molar refractivity (Wildman–Crippen MR) is 159 cm³/mol. The molecule has 214 valence electrons. The Balaban J connectivity index is 1.28. The SMILES string of the molecule is COC(=O)N1c2ccc3c(nc(Cc4ccccc4)n3CC3CCC[C@@H](OCC4CCNCC4)C3)c2CC[C@@H]1C. The first kappa shape index (κ1) is 27.3. The number of rotatable bonds is 7.